The molecule has 0 heterocycles. The van der Waals surface area contributed by atoms with Crippen LogP contribution >= 0.6 is 11.6 Å². The van der Waals surface area contributed by atoms with Crippen molar-refractivity contribution < 1.29 is 5.11 Å². The highest BCUT2D eigenvalue weighted by atomic mass is 35.5. The molecule has 3 N–H and O–H groups in total. The molecule has 3 heteroatoms. The van der Waals surface area contributed by atoms with E-state index >= 15 is 0 Å². The summed E-state index contributed by atoms with van der Waals surface area (Å²) in [5.74, 6) is 0. The van der Waals surface area contributed by atoms with E-state index in [0.717, 1.165) is 0 Å². The normalized spacial score (nSPS) is 15.9. The van der Waals surface area contributed by atoms with Gasteiger partial charge in [0.1, 0.15) is 0 Å². The highest BCUT2D eigenvalue weighted by molar-refractivity contribution is 6.22. The van der Waals surface area contributed by atoms with E-state index in [0.29, 0.717) is 5.56 Å². The second-order valence-corrected chi connectivity index (χ2v) is 2.95. The maximum atomic E-state index is 9.43. The molecule has 0 aromatic heterocycles. The average Bonchev–Trinajstić information content (AvgIpc) is 2.06. The van der Waals surface area contributed by atoms with Crippen LogP contribution in [0.4, 0.5) is 0 Å². The molecule has 1 rings (SSSR count). The number of rotatable bonds is 2. The Balaban J connectivity index is 2.93. The minimum absolute atomic E-state index is 0.0125. The molecule has 0 aliphatic carbocycles. The summed E-state index contributed by atoms with van der Waals surface area (Å²) in [4.78, 5) is 0. The summed E-state index contributed by atoms with van der Waals surface area (Å²) >= 11 is 5.68. The third-order valence-corrected chi connectivity index (χ3v) is 1.86. The molecule has 0 aliphatic rings. The fourth-order valence-electron chi connectivity index (χ4n) is 0.811. The number of alkyl halides is 1. The highest BCUT2D eigenvalue weighted by Crippen LogP contribution is 2.23. The summed E-state index contributed by atoms with van der Waals surface area (Å²) in [6.45, 7) is 0.0125. The first-order chi connectivity index (χ1) is 5.17. The first-order valence-corrected chi connectivity index (χ1v) is 3.71. The summed E-state index contributed by atoms with van der Waals surface area (Å²) in [5.41, 5.74) is 5.89. The van der Waals surface area contributed by atoms with Gasteiger partial charge < -0.3 is 10.8 Å². The molecule has 11 heavy (non-hydrogen) atoms. The van der Waals surface area contributed by atoms with E-state index in [9.17, 15) is 5.11 Å². The summed E-state index contributed by atoms with van der Waals surface area (Å²) in [6.07, 6.45) is 0. The third-order valence-electron chi connectivity index (χ3n) is 1.49. The van der Waals surface area contributed by atoms with Crippen molar-refractivity contribution in [2.24, 2.45) is 5.73 Å². The van der Waals surface area contributed by atoms with Crippen LogP contribution in [0.1, 0.15) is 5.56 Å². The Hall–Kier alpha value is -0.570. The Morgan fingerprint density at radius 3 is 2.36 bits per heavy atom. The highest BCUT2D eigenvalue weighted by Gasteiger charge is 2.22. The van der Waals surface area contributed by atoms with Crippen molar-refractivity contribution in [3.63, 3.8) is 0 Å². The van der Waals surface area contributed by atoms with Gasteiger partial charge in [0.25, 0.3) is 0 Å². The molecule has 1 atom stereocenters. The molecule has 1 unspecified atom stereocenters. The Bertz CT molecular complexity index is 223. The standard InChI is InChI=1S/C8H10ClNO/c9-8(11,6-10)7-4-2-1-3-5-7/h1-5,11H,6,10H2. The summed E-state index contributed by atoms with van der Waals surface area (Å²) < 4.78 is 0. The van der Waals surface area contributed by atoms with E-state index in [4.69, 9.17) is 17.3 Å². The van der Waals surface area contributed by atoms with Crippen molar-refractivity contribution in [1.82, 2.24) is 0 Å². The molecule has 0 fully saturated rings. The average molecular weight is 172 g/mol. The van der Waals surface area contributed by atoms with Gasteiger partial charge in [0.2, 0.25) is 0 Å². The van der Waals surface area contributed by atoms with Crippen molar-refractivity contribution in [3.8, 4) is 0 Å². The summed E-state index contributed by atoms with van der Waals surface area (Å²) in [6, 6.07) is 8.93. The van der Waals surface area contributed by atoms with Crippen LogP contribution in [0, 0.1) is 0 Å². The first kappa shape index (κ1) is 8.53. The zero-order valence-corrected chi connectivity index (χ0v) is 6.75. The number of benzene rings is 1. The molecule has 0 bridgehead atoms. The fraction of sp³-hybridized carbons (Fsp3) is 0.250. The van der Waals surface area contributed by atoms with Crippen LogP contribution in [0.2, 0.25) is 0 Å². The Labute approximate surface area is 70.6 Å². The van der Waals surface area contributed by atoms with Gasteiger partial charge in [0, 0.05) is 12.1 Å². The summed E-state index contributed by atoms with van der Waals surface area (Å²) in [5, 5.41) is 8.02. The first-order valence-electron chi connectivity index (χ1n) is 3.34. The van der Waals surface area contributed by atoms with Crippen molar-refractivity contribution in [3.05, 3.63) is 35.9 Å². The molecule has 1 aromatic carbocycles. The number of nitrogens with two attached hydrogens (primary N) is 1. The molecule has 0 aliphatic heterocycles. The van der Waals surface area contributed by atoms with Gasteiger partial charge >= 0.3 is 0 Å². The van der Waals surface area contributed by atoms with Gasteiger partial charge in [-0.1, -0.05) is 41.9 Å². The van der Waals surface area contributed by atoms with Crippen molar-refractivity contribution >= 4 is 11.6 Å². The molecule has 0 radical (unpaired) electrons. The molecule has 0 saturated heterocycles. The van der Waals surface area contributed by atoms with E-state index in [-0.39, 0.29) is 6.54 Å². The number of hydrogen-bond acceptors (Lipinski definition) is 2. The van der Waals surface area contributed by atoms with E-state index in [2.05, 4.69) is 0 Å². The molecule has 0 saturated carbocycles. The van der Waals surface area contributed by atoms with Gasteiger partial charge in [0.15, 0.2) is 5.06 Å². The SMILES string of the molecule is NCC(O)(Cl)c1ccccc1. The van der Waals surface area contributed by atoms with Crippen LogP contribution in [0.3, 0.4) is 0 Å². The Kier molecular flexibility index (Phi) is 2.49. The van der Waals surface area contributed by atoms with Gasteiger partial charge in [-0.3, -0.25) is 0 Å². The van der Waals surface area contributed by atoms with Crippen LogP contribution in [0.5, 0.6) is 0 Å². The third kappa shape index (κ3) is 1.93. The topological polar surface area (TPSA) is 46.2 Å². The van der Waals surface area contributed by atoms with E-state index in [1.165, 1.54) is 0 Å². The predicted molar refractivity (Wildman–Crippen MR) is 45.2 cm³/mol. The van der Waals surface area contributed by atoms with E-state index in [1.807, 2.05) is 6.07 Å². The van der Waals surface area contributed by atoms with Crippen molar-refractivity contribution in [2.75, 3.05) is 6.54 Å². The molecule has 1 aromatic rings. The fourth-order valence-corrected chi connectivity index (χ4v) is 0.937. The zero-order chi connectivity index (χ0) is 8.32. The maximum Gasteiger partial charge on any atom is 0.176 e. The smallest absolute Gasteiger partial charge is 0.176 e. The lowest BCUT2D eigenvalue weighted by Crippen LogP contribution is -2.28. The molecule has 2 nitrogen and oxygen atoms in total. The molecule has 0 spiro atoms. The number of aliphatic hydroxyl groups is 1. The number of hydrogen-bond donors (Lipinski definition) is 2. The number of halogens is 1. The molecular formula is C8H10ClNO. The van der Waals surface area contributed by atoms with Crippen LogP contribution in [-0.2, 0) is 5.06 Å². The molecule has 0 amide bonds. The second-order valence-electron chi connectivity index (χ2n) is 2.33. The van der Waals surface area contributed by atoms with Crippen molar-refractivity contribution in [1.29, 1.82) is 0 Å². The lowest BCUT2D eigenvalue weighted by atomic mass is 10.1. The van der Waals surface area contributed by atoms with Gasteiger partial charge in [-0.15, -0.1) is 0 Å². The van der Waals surface area contributed by atoms with Gasteiger partial charge in [-0.2, -0.15) is 0 Å². The minimum atomic E-state index is -1.42. The van der Waals surface area contributed by atoms with E-state index < -0.39 is 5.06 Å². The van der Waals surface area contributed by atoms with Crippen molar-refractivity contribution in [2.45, 2.75) is 5.06 Å². The van der Waals surface area contributed by atoms with Gasteiger partial charge in [-0.25, -0.2) is 0 Å². The monoisotopic (exact) mass is 171 g/mol. The molecule has 60 valence electrons. The lowest BCUT2D eigenvalue weighted by molar-refractivity contribution is 0.138. The molecular weight excluding hydrogens is 162 g/mol. The quantitative estimate of drug-likeness (QED) is 0.653. The van der Waals surface area contributed by atoms with Gasteiger partial charge in [-0.05, 0) is 0 Å². The predicted octanol–water partition coefficient (Wildman–Crippen LogP) is 1.03. The van der Waals surface area contributed by atoms with Gasteiger partial charge in [0.05, 0.1) is 0 Å². The van der Waals surface area contributed by atoms with Crippen LogP contribution in [0.25, 0.3) is 0 Å². The maximum absolute atomic E-state index is 9.43. The summed E-state index contributed by atoms with van der Waals surface area (Å²) in [7, 11) is 0. The minimum Gasteiger partial charge on any atom is -0.370 e. The second kappa shape index (κ2) is 3.22. The Morgan fingerprint density at radius 2 is 1.91 bits per heavy atom. The lowest BCUT2D eigenvalue weighted by Gasteiger charge is -2.18. The van der Waals surface area contributed by atoms with Crippen LogP contribution in [-0.4, -0.2) is 11.7 Å². The van der Waals surface area contributed by atoms with E-state index in [1.54, 1.807) is 24.3 Å². The van der Waals surface area contributed by atoms with Crippen LogP contribution in [0.15, 0.2) is 30.3 Å². The largest absolute Gasteiger partial charge is 0.370 e. The Morgan fingerprint density at radius 1 is 1.36 bits per heavy atom. The zero-order valence-electron chi connectivity index (χ0n) is 6.00. The van der Waals surface area contributed by atoms with Crippen LogP contribution < -0.4 is 5.73 Å².